The zero-order valence-corrected chi connectivity index (χ0v) is 13.1. The first-order chi connectivity index (χ1) is 8.77. The Labute approximate surface area is 121 Å². The molecular weight excluding hydrogens is 334 g/mol. The van der Waals surface area contributed by atoms with Gasteiger partial charge in [0.25, 0.3) is 0 Å². The molecule has 1 atom stereocenters. The average molecular weight is 350 g/mol. The van der Waals surface area contributed by atoms with Crippen molar-refractivity contribution in [2.75, 3.05) is 0 Å². The Morgan fingerprint density at radius 3 is 2.58 bits per heavy atom. The van der Waals surface area contributed by atoms with Gasteiger partial charge < -0.3 is 5.11 Å². The molecule has 1 rings (SSSR count). The van der Waals surface area contributed by atoms with E-state index in [2.05, 4.69) is 20.7 Å². The van der Waals surface area contributed by atoms with Gasteiger partial charge in [-0.25, -0.2) is 8.42 Å². The minimum absolute atomic E-state index is 0.0421. The van der Waals surface area contributed by atoms with Crippen molar-refractivity contribution < 1.29 is 18.3 Å². The highest BCUT2D eigenvalue weighted by Gasteiger charge is 2.25. The molecule has 0 aromatic heterocycles. The molecule has 0 fully saturated rings. The number of aryl methyl sites for hydroxylation is 1. The van der Waals surface area contributed by atoms with Gasteiger partial charge in [-0.15, -0.1) is 0 Å². The highest BCUT2D eigenvalue weighted by Crippen LogP contribution is 2.23. The van der Waals surface area contributed by atoms with Crippen molar-refractivity contribution in [3.63, 3.8) is 0 Å². The second-order valence-electron chi connectivity index (χ2n) is 4.23. The van der Waals surface area contributed by atoms with Crippen LogP contribution >= 0.6 is 15.9 Å². The Hall–Kier alpha value is -0.920. The molecule has 0 heterocycles. The SMILES string of the molecule is CCCC(NS(=O)(=O)c1ccc(C)cc1Br)C(=O)O. The van der Waals surface area contributed by atoms with Crippen LogP contribution in [0.2, 0.25) is 0 Å². The summed E-state index contributed by atoms with van der Waals surface area (Å²) in [4.78, 5) is 11.0. The lowest BCUT2D eigenvalue weighted by Gasteiger charge is -2.15. The van der Waals surface area contributed by atoms with Crippen LogP contribution in [0, 0.1) is 6.92 Å². The minimum Gasteiger partial charge on any atom is -0.480 e. The number of rotatable bonds is 6. The Balaban J connectivity index is 3.06. The van der Waals surface area contributed by atoms with Crippen LogP contribution in [-0.4, -0.2) is 25.5 Å². The molecular formula is C12H16BrNO4S. The number of benzene rings is 1. The van der Waals surface area contributed by atoms with Gasteiger partial charge in [-0.05, 0) is 47.0 Å². The Bertz CT molecular complexity index is 571. The van der Waals surface area contributed by atoms with Crippen LogP contribution in [0.3, 0.4) is 0 Å². The van der Waals surface area contributed by atoms with Gasteiger partial charge in [0, 0.05) is 4.47 Å². The van der Waals surface area contributed by atoms with E-state index >= 15 is 0 Å². The van der Waals surface area contributed by atoms with Gasteiger partial charge in [0.1, 0.15) is 6.04 Å². The van der Waals surface area contributed by atoms with E-state index in [4.69, 9.17) is 5.11 Å². The van der Waals surface area contributed by atoms with E-state index in [0.717, 1.165) is 5.56 Å². The third kappa shape index (κ3) is 4.29. The third-order valence-electron chi connectivity index (χ3n) is 2.55. The number of halogens is 1. The number of hydrogen-bond donors (Lipinski definition) is 2. The van der Waals surface area contributed by atoms with Gasteiger partial charge >= 0.3 is 5.97 Å². The van der Waals surface area contributed by atoms with Crippen LogP contribution in [0.4, 0.5) is 0 Å². The van der Waals surface area contributed by atoms with Crippen molar-refractivity contribution >= 4 is 31.9 Å². The lowest BCUT2D eigenvalue weighted by atomic mass is 10.2. The van der Waals surface area contributed by atoms with Crippen LogP contribution in [-0.2, 0) is 14.8 Å². The van der Waals surface area contributed by atoms with Gasteiger partial charge in [-0.3, -0.25) is 4.79 Å². The van der Waals surface area contributed by atoms with Crippen LogP contribution in [0.25, 0.3) is 0 Å². The van der Waals surface area contributed by atoms with Gasteiger partial charge in [-0.2, -0.15) is 4.72 Å². The quantitative estimate of drug-likeness (QED) is 0.825. The highest BCUT2D eigenvalue weighted by molar-refractivity contribution is 9.10. The van der Waals surface area contributed by atoms with E-state index in [1.807, 2.05) is 6.92 Å². The predicted octanol–water partition coefficient (Wildman–Crippen LogP) is 2.29. The number of hydrogen-bond acceptors (Lipinski definition) is 3. The fraction of sp³-hybridized carbons (Fsp3) is 0.417. The first kappa shape index (κ1) is 16.1. The molecule has 0 aliphatic rings. The van der Waals surface area contributed by atoms with Gasteiger partial charge in [0.05, 0.1) is 4.90 Å². The van der Waals surface area contributed by atoms with Crippen molar-refractivity contribution in [2.45, 2.75) is 37.6 Å². The molecule has 0 amide bonds. The van der Waals surface area contributed by atoms with Crippen molar-refractivity contribution in [1.29, 1.82) is 0 Å². The van der Waals surface area contributed by atoms with Gasteiger partial charge in [-0.1, -0.05) is 19.4 Å². The third-order valence-corrected chi connectivity index (χ3v) is 5.00. The molecule has 0 saturated heterocycles. The molecule has 0 spiro atoms. The summed E-state index contributed by atoms with van der Waals surface area (Å²) in [7, 11) is -3.85. The molecule has 0 aliphatic carbocycles. The normalized spacial score (nSPS) is 13.2. The van der Waals surface area contributed by atoms with Crippen molar-refractivity contribution in [3.05, 3.63) is 28.2 Å². The molecule has 0 saturated carbocycles. The molecule has 2 N–H and O–H groups in total. The van der Waals surface area contributed by atoms with Crippen molar-refractivity contribution in [3.8, 4) is 0 Å². The standard InChI is InChI=1S/C12H16BrNO4S/c1-3-4-10(12(15)16)14-19(17,18)11-6-5-8(2)7-9(11)13/h5-7,10,14H,3-4H2,1-2H3,(H,15,16). The summed E-state index contributed by atoms with van der Waals surface area (Å²) in [5.41, 5.74) is 0.911. The van der Waals surface area contributed by atoms with Crippen molar-refractivity contribution in [2.24, 2.45) is 0 Å². The van der Waals surface area contributed by atoms with E-state index in [-0.39, 0.29) is 11.3 Å². The molecule has 5 nitrogen and oxygen atoms in total. The number of carbonyl (C=O) groups is 1. The maximum atomic E-state index is 12.1. The summed E-state index contributed by atoms with van der Waals surface area (Å²) in [6.45, 7) is 3.64. The van der Waals surface area contributed by atoms with Crippen LogP contribution in [0.5, 0.6) is 0 Å². The smallest absolute Gasteiger partial charge is 0.321 e. The van der Waals surface area contributed by atoms with E-state index in [1.165, 1.54) is 6.07 Å². The molecule has 1 aromatic carbocycles. The number of carboxylic acid groups (broad SMARTS) is 1. The molecule has 1 aromatic rings. The topological polar surface area (TPSA) is 83.5 Å². The molecule has 1 unspecified atom stereocenters. The average Bonchev–Trinajstić information content (AvgIpc) is 2.27. The first-order valence-corrected chi connectivity index (χ1v) is 8.07. The van der Waals surface area contributed by atoms with E-state index in [0.29, 0.717) is 10.9 Å². The van der Waals surface area contributed by atoms with Crippen molar-refractivity contribution in [1.82, 2.24) is 4.72 Å². The summed E-state index contributed by atoms with van der Waals surface area (Å²) in [6.07, 6.45) is 0.826. The zero-order valence-electron chi connectivity index (χ0n) is 10.7. The minimum atomic E-state index is -3.85. The van der Waals surface area contributed by atoms with E-state index in [1.54, 1.807) is 19.1 Å². The number of sulfonamides is 1. The highest BCUT2D eigenvalue weighted by atomic mass is 79.9. The maximum Gasteiger partial charge on any atom is 0.321 e. The molecule has 0 bridgehead atoms. The molecule has 19 heavy (non-hydrogen) atoms. The number of aliphatic carboxylic acids is 1. The summed E-state index contributed by atoms with van der Waals surface area (Å²) < 4.78 is 26.9. The summed E-state index contributed by atoms with van der Waals surface area (Å²) in [5.74, 6) is -1.17. The number of carboxylic acids is 1. The molecule has 7 heteroatoms. The predicted molar refractivity (Wildman–Crippen MR) is 75.5 cm³/mol. The van der Waals surface area contributed by atoms with Crippen LogP contribution < -0.4 is 4.72 Å². The fourth-order valence-corrected chi connectivity index (χ4v) is 4.01. The molecule has 106 valence electrons. The summed E-state index contributed by atoms with van der Waals surface area (Å²) in [6, 6.07) is 3.68. The number of nitrogens with one attached hydrogen (secondary N) is 1. The van der Waals surface area contributed by atoms with Gasteiger partial charge in [0.15, 0.2) is 0 Å². The Kier molecular flexibility index (Phi) is 5.51. The van der Waals surface area contributed by atoms with Crippen LogP contribution in [0.1, 0.15) is 25.3 Å². The summed E-state index contributed by atoms with van der Waals surface area (Å²) in [5, 5.41) is 8.99. The maximum absolute atomic E-state index is 12.1. The Morgan fingerprint density at radius 1 is 1.47 bits per heavy atom. The first-order valence-electron chi connectivity index (χ1n) is 5.79. The zero-order chi connectivity index (χ0) is 14.6. The second kappa shape index (κ2) is 6.49. The largest absolute Gasteiger partial charge is 0.480 e. The van der Waals surface area contributed by atoms with Crippen LogP contribution in [0.15, 0.2) is 27.6 Å². The lowest BCUT2D eigenvalue weighted by molar-refractivity contribution is -0.139. The summed E-state index contributed by atoms with van der Waals surface area (Å²) >= 11 is 3.18. The van der Waals surface area contributed by atoms with E-state index < -0.39 is 22.0 Å². The lowest BCUT2D eigenvalue weighted by Crippen LogP contribution is -2.40. The molecule has 0 radical (unpaired) electrons. The van der Waals surface area contributed by atoms with E-state index in [9.17, 15) is 13.2 Å². The fourth-order valence-electron chi connectivity index (χ4n) is 1.60. The second-order valence-corrected chi connectivity index (χ2v) is 6.77. The Morgan fingerprint density at radius 2 is 2.11 bits per heavy atom. The van der Waals surface area contributed by atoms with Gasteiger partial charge in [0.2, 0.25) is 10.0 Å². The molecule has 0 aliphatic heterocycles. The monoisotopic (exact) mass is 349 g/mol.